The van der Waals surface area contributed by atoms with E-state index >= 15 is 0 Å². The van der Waals surface area contributed by atoms with Crippen LogP contribution in [-0.2, 0) is 0 Å². The molecule has 0 spiro atoms. The monoisotopic (exact) mass is 371 g/mol. The second kappa shape index (κ2) is 7.53. The molecule has 1 saturated heterocycles. The third kappa shape index (κ3) is 3.72. The Labute approximate surface area is 159 Å². The molecule has 4 rings (SSSR count). The molecular formula is C21H26ClN3O. The van der Waals surface area contributed by atoms with E-state index in [0.29, 0.717) is 16.9 Å². The molecule has 0 unspecified atom stereocenters. The van der Waals surface area contributed by atoms with Crippen LogP contribution in [0.25, 0.3) is 10.9 Å². The average Bonchev–Trinajstić information content (AvgIpc) is 3.51. The summed E-state index contributed by atoms with van der Waals surface area (Å²) in [4.78, 5) is 20.1. The molecule has 2 heterocycles. The van der Waals surface area contributed by atoms with Gasteiger partial charge in [0.2, 0.25) is 0 Å². The number of hydrogen-bond donors (Lipinski definition) is 1. The molecular weight excluding hydrogens is 346 g/mol. The summed E-state index contributed by atoms with van der Waals surface area (Å²) >= 11 is 6.20. The number of aromatic nitrogens is 1. The van der Waals surface area contributed by atoms with Gasteiger partial charge in [-0.05, 0) is 69.0 Å². The maximum Gasteiger partial charge on any atom is 0.254 e. The van der Waals surface area contributed by atoms with Crippen molar-refractivity contribution >= 4 is 28.4 Å². The maximum absolute atomic E-state index is 13.3. The Morgan fingerprint density at radius 2 is 2.00 bits per heavy atom. The van der Waals surface area contributed by atoms with Gasteiger partial charge in [0.25, 0.3) is 5.91 Å². The van der Waals surface area contributed by atoms with E-state index in [1.165, 1.54) is 12.8 Å². The van der Waals surface area contributed by atoms with E-state index in [1.54, 1.807) is 0 Å². The highest BCUT2D eigenvalue weighted by atomic mass is 35.5. The number of amides is 1. The lowest BCUT2D eigenvalue weighted by atomic mass is 9.95. The fourth-order valence-electron chi connectivity index (χ4n) is 3.84. The van der Waals surface area contributed by atoms with E-state index in [4.69, 9.17) is 16.6 Å². The van der Waals surface area contributed by atoms with Crippen LogP contribution in [-0.4, -0.2) is 42.0 Å². The van der Waals surface area contributed by atoms with Gasteiger partial charge in [0, 0.05) is 35.1 Å². The molecule has 2 aromatic rings. The van der Waals surface area contributed by atoms with Crippen molar-refractivity contribution in [1.29, 1.82) is 0 Å². The zero-order valence-corrected chi connectivity index (χ0v) is 16.1. The van der Waals surface area contributed by atoms with Gasteiger partial charge in [-0.1, -0.05) is 18.5 Å². The van der Waals surface area contributed by atoms with Gasteiger partial charge < -0.3 is 10.2 Å². The van der Waals surface area contributed by atoms with E-state index in [9.17, 15) is 4.79 Å². The number of pyridine rings is 1. The van der Waals surface area contributed by atoms with E-state index in [0.717, 1.165) is 61.2 Å². The van der Waals surface area contributed by atoms with Crippen molar-refractivity contribution in [1.82, 2.24) is 15.2 Å². The normalized spacial score (nSPS) is 18.5. The van der Waals surface area contributed by atoms with E-state index in [2.05, 4.69) is 12.2 Å². The Morgan fingerprint density at radius 3 is 2.69 bits per heavy atom. The largest absolute Gasteiger partial charge is 0.339 e. The first-order chi connectivity index (χ1) is 12.7. The third-order valence-electron chi connectivity index (χ3n) is 5.60. The molecule has 0 atom stereocenters. The molecule has 5 heteroatoms. The van der Waals surface area contributed by atoms with Crippen LogP contribution in [0.15, 0.2) is 24.3 Å². The van der Waals surface area contributed by atoms with Crippen molar-refractivity contribution in [2.75, 3.05) is 26.2 Å². The fraction of sp³-hybridized carbons (Fsp3) is 0.524. The number of piperidine rings is 1. The van der Waals surface area contributed by atoms with Crippen LogP contribution in [0.1, 0.15) is 54.6 Å². The van der Waals surface area contributed by atoms with Gasteiger partial charge >= 0.3 is 0 Å². The lowest BCUT2D eigenvalue weighted by Gasteiger charge is -2.32. The van der Waals surface area contributed by atoms with Gasteiger partial charge in [-0.25, -0.2) is 0 Å². The number of carbonyl (C=O) groups is 1. The molecule has 26 heavy (non-hydrogen) atoms. The van der Waals surface area contributed by atoms with Gasteiger partial charge in [0.15, 0.2) is 0 Å². The maximum atomic E-state index is 13.3. The molecule has 1 aromatic carbocycles. The molecule has 1 N–H and O–H groups in total. The van der Waals surface area contributed by atoms with Crippen LogP contribution in [0.4, 0.5) is 0 Å². The van der Waals surface area contributed by atoms with Crippen LogP contribution in [0.2, 0.25) is 5.02 Å². The van der Waals surface area contributed by atoms with Crippen molar-refractivity contribution in [3.63, 3.8) is 0 Å². The highest BCUT2D eigenvalue weighted by Crippen LogP contribution is 2.40. The first-order valence-electron chi connectivity index (χ1n) is 9.76. The second-order valence-corrected chi connectivity index (χ2v) is 8.01. The van der Waals surface area contributed by atoms with Gasteiger partial charge in [0.1, 0.15) is 0 Å². The summed E-state index contributed by atoms with van der Waals surface area (Å²) in [6.07, 6.45) is 4.49. The van der Waals surface area contributed by atoms with Crippen molar-refractivity contribution in [2.24, 2.45) is 5.92 Å². The van der Waals surface area contributed by atoms with Crippen LogP contribution >= 0.6 is 11.6 Å². The van der Waals surface area contributed by atoms with Crippen LogP contribution < -0.4 is 5.32 Å². The zero-order valence-electron chi connectivity index (χ0n) is 15.3. The zero-order chi connectivity index (χ0) is 18.1. The molecule has 138 valence electrons. The second-order valence-electron chi connectivity index (χ2n) is 7.57. The van der Waals surface area contributed by atoms with E-state index in [-0.39, 0.29) is 5.91 Å². The summed E-state index contributed by atoms with van der Waals surface area (Å²) in [5.41, 5.74) is 2.71. The SMILES string of the molecule is CCNCC1CCN(C(=O)c2cc(C3CC3)nc3ccc(Cl)cc23)CC1. The average molecular weight is 372 g/mol. The lowest BCUT2D eigenvalue weighted by molar-refractivity contribution is 0.0692. The Hall–Kier alpha value is -1.65. The van der Waals surface area contributed by atoms with Gasteiger partial charge in [-0.15, -0.1) is 0 Å². The minimum atomic E-state index is 0.128. The Balaban J connectivity index is 1.59. The number of fused-ring (bicyclic) bond motifs is 1. The molecule has 4 nitrogen and oxygen atoms in total. The van der Waals surface area contributed by atoms with Crippen LogP contribution in [0, 0.1) is 5.92 Å². The van der Waals surface area contributed by atoms with Crippen LogP contribution in [0.3, 0.4) is 0 Å². The van der Waals surface area contributed by atoms with Gasteiger partial charge in [-0.2, -0.15) is 0 Å². The number of benzene rings is 1. The molecule has 0 bridgehead atoms. The van der Waals surface area contributed by atoms with Crippen molar-refractivity contribution in [3.05, 3.63) is 40.5 Å². The van der Waals surface area contributed by atoms with Gasteiger partial charge in [-0.3, -0.25) is 9.78 Å². The summed E-state index contributed by atoms with van der Waals surface area (Å²) in [7, 11) is 0. The lowest BCUT2D eigenvalue weighted by Crippen LogP contribution is -2.40. The quantitative estimate of drug-likeness (QED) is 0.855. The van der Waals surface area contributed by atoms with E-state index < -0.39 is 0 Å². The minimum absolute atomic E-state index is 0.128. The fourth-order valence-corrected chi connectivity index (χ4v) is 4.01. The molecule has 2 fully saturated rings. The van der Waals surface area contributed by atoms with Crippen LogP contribution in [0.5, 0.6) is 0 Å². The van der Waals surface area contributed by atoms with E-state index in [1.807, 2.05) is 29.2 Å². The summed E-state index contributed by atoms with van der Waals surface area (Å²) in [5.74, 6) is 1.32. The highest BCUT2D eigenvalue weighted by Gasteiger charge is 2.29. The Kier molecular flexibility index (Phi) is 5.14. The number of likely N-dealkylation sites (tertiary alicyclic amines) is 1. The number of carbonyl (C=O) groups excluding carboxylic acids is 1. The first kappa shape index (κ1) is 17.7. The summed E-state index contributed by atoms with van der Waals surface area (Å²) in [6.45, 7) is 5.86. The Bertz CT molecular complexity index is 810. The predicted molar refractivity (Wildman–Crippen MR) is 106 cm³/mol. The summed E-state index contributed by atoms with van der Waals surface area (Å²) in [6, 6.07) is 7.69. The molecule has 2 aliphatic rings. The predicted octanol–water partition coefficient (Wildman–Crippen LogP) is 4.23. The third-order valence-corrected chi connectivity index (χ3v) is 5.84. The molecule has 1 amide bonds. The summed E-state index contributed by atoms with van der Waals surface area (Å²) < 4.78 is 0. The Morgan fingerprint density at radius 1 is 1.23 bits per heavy atom. The van der Waals surface area contributed by atoms with Crippen molar-refractivity contribution in [2.45, 2.75) is 38.5 Å². The first-order valence-corrected chi connectivity index (χ1v) is 10.1. The standard InChI is InChI=1S/C21H26ClN3O/c1-2-23-13-14-7-9-25(10-8-14)21(26)18-12-20(15-3-4-15)24-19-6-5-16(22)11-17(18)19/h5-6,11-12,14-15,23H,2-4,7-10,13H2,1H3. The minimum Gasteiger partial charge on any atom is -0.339 e. The van der Waals surface area contributed by atoms with Crippen molar-refractivity contribution in [3.8, 4) is 0 Å². The molecule has 1 aliphatic carbocycles. The number of nitrogens with one attached hydrogen (secondary N) is 1. The number of hydrogen-bond acceptors (Lipinski definition) is 3. The van der Waals surface area contributed by atoms with Gasteiger partial charge in [0.05, 0.1) is 11.1 Å². The summed E-state index contributed by atoms with van der Waals surface area (Å²) in [5, 5.41) is 4.95. The molecule has 1 aromatic heterocycles. The number of halogens is 1. The number of rotatable bonds is 5. The smallest absolute Gasteiger partial charge is 0.254 e. The topological polar surface area (TPSA) is 45.2 Å². The molecule has 1 saturated carbocycles. The van der Waals surface area contributed by atoms with Crippen molar-refractivity contribution < 1.29 is 4.79 Å². The molecule has 0 radical (unpaired) electrons. The number of nitrogens with zero attached hydrogens (tertiary/aromatic N) is 2. The molecule has 1 aliphatic heterocycles. The highest BCUT2D eigenvalue weighted by molar-refractivity contribution is 6.31.